The van der Waals surface area contributed by atoms with Crippen LogP contribution in [-0.2, 0) is 9.53 Å². The van der Waals surface area contributed by atoms with E-state index in [4.69, 9.17) is 16.3 Å². The van der Waals surface area contributed by atoms with Crippen LogP contribution in [0.5, 0.6) is 0 Å². The second-order valence-corrected chi connectivity index (χ2v) is 7.24. The van der Waals surface area contributed by atoms with E-state index in [1.807, 2.05) is 6.07 Å². The first kappa shape index (κ1) is 19.1. The van der Waals surface area contributed by atoms with Gasteiger partial charge in [0.25, 0.3) is 0 Å². The number of hydrogen-bond acceptors (Lipinski definition) is 5. The number of ether oxygens (including phenoxy) is 1. The van der Waals surface area contributed by atoms with E-state index in [9.17, 15) is 4.79 Å². The molecule has 0 unspecified atom stereocenters. The SMILES string of the molecule is CCOC(=O)CCSc1ccnc(C#CC2CCN(C)CC2)c1Cl. The average Bonchev–Trinajstić information content (AvgIpc) is 2.57. The number of thioether (sulfide) groups is 1. The van der Waals surface area contributed by atoms with Gasteiger partial charge >= 0.3 is 5.97 Å². The molecule has 1 aromatic rings. The third-order valence-electron chi connectivity index (χ3n) is 3.84. The Balaban J connectivity index is 1.94. The molecular weight excluding hydrogens is 344 g/mol. The van der Waals surface area contributed by atoms with Gasteiger partial charge in [0.15, 0.2) is 0 Å². The van der Waals surface area contributed by atoms with E-state index in [1.165, 1.54) is 11.8 Å². The Morgan fingerprint density at radius 1 is 1.50 bits per heavy atom. The number of carbonyl (C=O) groups excluding carboxylic acids is 1. The highest BCUT2D eigenvalue weighted by Gasteiger charge is 2.14. The van der Waals surface area contributed by atoms with Crippen LogP contribution >= 0.6 is 23.4 Å². The van der Waals surface area contributed by atoms with Crippen molar-refractivity contribution in [2.75, 3.05) is 32.5 Å². The second-order valence-electron chi connectivity index (χ2n) is 5.72. The number of esters is 1. The Kier molecular flexibility index (Phi) is 7.90. The maximum absolute atomic E-state index is 11.4. The fraction of sp³-hybridized carbons (Fsp3) is 0.556. The molecule has 0 atom stereocenters. The molecule has 0 saturated carbocycles. The molecule has 1 saturated heterocycles. The number of piperidine rings is 1. The zero-order valence-corrected chi connectivity index (χ0v) is 15.8. The molecule has 0 N–H and O–H groups in total. The van der Waals surface area contributed by atoms with E-state index in [0.29, 0.717) is 35.4 Å². The van der Waals surface area contributed by atoms with Crippen molar-refractivity contribution in [3.05, 3.63) is 23.0 Å². The molecule has 6 heteroatoms. The normalized spacial score (nSPS) is 15.6. The van der Waals surface area contributed by atoms with E-state index in [2.05, 4.69) is 28.8 Å². The summed E-state index contributed by atoms with van der Waals surface area (Å²) >= 11 is 7.95. The Morgan fingerprint density at radius 2 is 2.25 bits per heavy atom. The molecule has 0 amide bonds. The number of halogens is 1. The van der Waals surface area contributed by atoms with Crippen molar-refractivity contribution in [2.24, 2.45) is 5.92 Å². The first-order chi connectivity index (χ1) is 11.6. The lowest BCUT2D eigenvalue weighted by molar-refractivity contribution is -0.142. The van der Waals surface area contributed by atoms with Crippen LogP contribution in [0, 0.1) is 17.8 Å². The molecule has 0 bridgehead atoms. The van der Waals surface area contributed by atoms with E-state index < -0.39 is 0 Å². The maximum Gasteiger partial charge on any atom is 0.306 e. The summed E-state index contributed by atoms with van der Waals surface area (Å²) in [6.07, 6.45) is 4.27. The van der Waals surface area contributed by atoms with Gasteiger partial charge in [0, 0.05) is 22.8 Å². The summed E-state index contributed by atoms with van der Waals surface area (Å²) in [6, 6.07) is 1.86. The third-order valence-corrected chi connectivity index (χ3v) is 5.39. The van der Waals surface area contributed by atoms with Gasteiger partial charge in [0.2, 0.25) is 0 Å². The van der Waals surface area contributed by atoms with Crippen LogP contribution in [-0.4, -0.2) is 48.4 Å². The van der Waals surface area contributed by atoms with E-state index in [-0.39, 0.29) is 5.97 Å². The summed E-state index contributed by atoms with van der Waals surface area (Å²) < 4.78 is 4.92. The third kappa shape index (κ3) is 6.01. The van der Waals surface area contributed by atoms with Crippen LogP contribution in [0.2, 0.25) is 5.02 Å². The van der Waals surface area contributed by atoms with Gasteiger partial charge in [-0.2, -0.15) is 0 Å². The fourth-order valence-electron chi connectivity index (χ4n) is 2.43. The van der Waals surface area contributed by atoms with Crippen LogP contribution in [0.15, 0.2) is 17.2 Å². The molecule has 0 aromatic carbocycles. The van der Waals surface area contributed by atoms with Gasteiger partial charge in [-0.15, -0.1) is 11.8 Å². The second kappa shape index (κ2) is 9.93. The minimum Gasteiger partial charge on any atom is -0.466 e. The molecular formula is C18H23ClN2O2S. The molecule has 2 heterocycles. The molecule has 24 heavy (non-hydrogen) atoms. The molecule has 1 aromatic heterocycles. The minimum absolute atomic E-state index is 0.183. The van der Waals surface area contributed by atoms with Gasteiger partial charge in [-0.25, -0.2) is 4.98 Å². The summed E-state index contributed by atoms with van der Waals surface area (Å²) in [5.41, 5.74) is 0.622. The van der Waals surface area contributed by atoms with Gasteiger partial charge in [0.1, 0.15) is 5.69 Å². The lowest BCUT2D eigenvalue weighted by atomic mass is 9.98. The van der Waals surface area contributed by atoms with Gasteiger partial charge in [-0.3, -0.25) is 4.79 Å². The van der Waals surface area contributed by atoms with E-state index in [1.54, 1.807) is 13.1 Å². The van der Waals surface area contributed by atoms with Crippen molar-refractivity contribution >= 4 is 29.3 Å². The van der Waals surface area contributed by atoms with Gasteiger partial charge in [-0.05, 0) is 51.9 Å². The average molecular weight is 367 g/mol. The lowest BCUT2D eigenvalue weighted by Crippen LogP contribution is -2.29. The van der Waals surface area contributed by atoms with Crippen molar-refractivity contribution in [2.45, 2.75) is 31.1 Å². The molecule has 0 radical (unpaired) electrons. The van der Waals surface area contributed by atoms with Gasteiger partial charge in [0.05, 0.1) is 18.1 Å². The Bertz CT molecular complexity index is 619. The molecule has 0 aliphatic carbocycles. The summed E-state index contributed by atoms with van der Waals surface area (Å²) in [6.45, 7) is 4.39. The smallest absolute Gasteiger partial charge is 0.306 e. The Hall–Kier alpha value is -1.22. The largest absolute Gasteiger partial charge is 0.466 e. The topological polar surface area (TPSA) is 42.4 Å². The lowest BCUT2D eigenvalue weighted by Gasteiger charge is -2.25. The van der Waals surface area contributed by atoms with Crippen LogP contribution < -0.4 is 0 Å². The Morgan fingerprint density at radius 3 is 2.96 bits per heavy atom. The summed E-state index contributed by atoms with van der Waals surface area (Å²) in [4.78, 5) is 18.9. The fourth-order valence-corrected chi connectivity index (χ4v) is 3.62. The predicted molar refractivity (Wildman–Crippen MR) is 98.3 cm³/mol. The highest BCUT2D eigenvalue weighted by molar-refractivity contribution is 7.99. The van der Waals surface area contributed by atoms with E-state index >= 15 is 0 Å². The molecule has 1 aliphatic heterocycles. The maximum atomic E-state index is 11.4. The summed E-state index contributed by atoms with van der Waals surface area (Å²) in [7, 11) is 2.14. The van der Waals surface area contributed by atoms with Crippen LogP contribution in [0.25, 0.3) is 0 Å². The highest BCUT2D eigenvalue weighted by Crippen LogP contribution is 2.29. The van der Waals surface area contributed by atoms with Gasteiger partial charge in [-0.1, -0.05) is 17.5 Å². The molecule has 130 valence electrons. The van der Waals surface area contributed by atoms with E-state index in [0.717, 1.165) is 30.8 Å². The monoisotopic (exact) mass is 366 g/mol. The molecule has 0 spiro atoms. The van der Waals surface area contributed by atoms with Crippen molar-refractivity contribution in [3.63, 3.8) is 0 Å². The number of likely N-dealkylation sites (tertiary alicyclic amines) is 1. The molecule has 4 nitrogen and oxygen atoms in total. The zero-order valence-electron chi connectivity index (χ0n) is 14.2. The van der Waals surface area contributed by atoms with Crippen molar-refractivity contribution in [1.29, 1.82) is 0 Å². The molecule has 1 fully saturated rings. The number of nitrogens with zero attached hydrogens (tertiary/aromatic N) is 2. The predicted octanol–water partition coefficient (Wildman–Crippen LogP) is 3.47. The molecule has 1 aliphatic rings. The number of aromatic nitrogens is 1. The van der Waals surface area contributed by atoms with Crippen LogP contribution in [0.3, 0.4) is 0 Å². The molecule has 2 rings (SSSR count). The number of carbonyl (C=O) groups is 1. The van der Waals surface area contributed by atoms with Gasteiger partial charge < -0.3 is 9.64 Å². The number of hydrogen-bond donors (Lipinski definition) is 0. The first-order valence-electron chi connectivity index (χ1n) is 8.23. The highest BCUT2D eigenvalue weighted by atomic mass is 35.5. The number of pyridine rings is 1. The summed E-state index contributed by atoms with van der Waals surface area (Å²) in [5, 5.41) is 0.576. The quantitative estimate of drug-likeness (QED) is 0.453. The van der Waals surface area contributed by atoms with Crippen molar-refractivity contribution < 1.29 is 9.53 Å². The number of rotatable bonds is 5. The first-order valence-corrected chi connectivity index (χ1v) is 9.59. The zero-order chi connectivity index (χ0) is 17.4. The van der Waals surface area contributed by atoms with Crippen LogP contribution in [0.1, 0.15) is 31.9 Å². The van der Waals surface area contributed by atoms with Crippen LogP contribution in [0.4, 0.5) is 0 Å². The Labute approximate surface area is 153 Å². The van der Waals surface area contributed by atoms with Crippen molar-refractivity contribution in [3.8, 4) is 11.8 Å². The summed E-state index contributed by atoms with van der Waals surface area (Å²) in [5.74, 6) is 7.31. The standard InChI is InChI=1S/C18H23ClN2O2S/c1-3-23-17(22)9-13-24-16-6-10-20-15(18(16)19)5-4-14-7-11-21(2)12-8-14/h6,10,14H,3,7-9,11-13H2,1-2H3. The minimum atomic E-state index is -0.183. The van der Waals surface area contributed by atoms with Crippen molar-refractivity contribution in [1.82, 2.24) is 9.88 Å².